The third-order valence-electron chi connectivity index (χ3n) is 4.43. The van der Waals surface area contributed by atoms with Crippen molar-refractivity contribution < 1.29 is 9.59 Å². The average Bonchev–Trinajstić information content (AvgIpc) is 2.68. The highest BCUT2D eigenvalue weighted by Crippen LogP contribution is 2.16. The lowest BCUT2D eigenvalue weighted by Crippen LogP contribution is -2.49. The number of carbonyl (C=O) groups excluding carboxylic acids is 2. The minimum absolute atomic E-state index is 0.0298. The van der Waals surface area contributed by atoms with Gasteiger partial charge in [0.1, 0.15) is 5.69 Å². The summed E-state index contributed by atoms with van der Waals surface area (Å²) in [5, 5.41) is 2.96. The van der Waals surface area contributed by atoms with Gasteiger partial charge in [0.25, 0.3) is 5.91 Å². The molecule has 3 rings (SSSR count). The maximum atomic E-state index is 12.1. The number of nitrogens with one attached hydrogen (secondary N) is 1. The third-order valence-corrected chi connectivity index (χ3v) is 4.43. The first kappa shape index (κ1) is 17.9. The van der Waals surface area contributed by atoms with Crippen LogP contribution in [-0.2, 0) is 11.3 Å². The molecule has 26 heavy (non-hydrogen) atoms. The van der Waals surface area contributed by atoms with E-state index in [1.165, 1.54) is 0 Å². The summed E-state index contributed by atoms with van der Waals surface area (Å²) in [5.41, 5.74) is 7.58. The average molecular weight is 353 g/mol. The molecule has 1 fully saturated rings. The Hall–Kier alpha value is -2.93. The molecule has 2 amide bonds. The highest BCUT2D eigenvalue weighted by molar-refractivity contribution is 5.91. The number of benzene rings is 1. The lowest BCUT2D eigenvalue weighted by atomic mass is 10.2. The Kier molecular flexibility index (Phi) is 5.80. The summed E-state index contributed by atoms with van der Waals surface area (Å²) in [5.74, 6) is -0.497. The van der Waals surface area contributed by atoms with Crippen molar-refractivity contribution in [2.45, 2.75) is 6.54 Å². The Morgan fingerprint density at radius 1 is 1.08 bits per heavy atom. The Morgan fingerprint density at radius 3 is 2.50 bits per heavy atom. The number of amides is 2. The van der Waals surface area contributed by atoms with E-state index in [0.717, 1.165) is 37.4 Å². The van der Waals surface area contributed by atoms with Crippen LogP contribution in [-0.4, -0.2) is 54.4 Å². The molecule has 0 radical (unpaired) electrons. The van der Waals surface area contributed by atoms with Crippen molar-refractivity contribution >= 4 is 17.5 Å². The van der Waals surface area contributed by atoms with Crippen LogP contribution >= 0.6 is 0 Å². The second-order valence-electron chi connectivity index (χ2n) is 6.29. The Bertz CT molecular complexity index is 758. The largest absolute Gasteiger partial charge is 0.369 e. The maximum absolute atomic E-state index is 12.1. The van der Waals surface area contributed by atoms with E-state index in [1.54, 1.807) is 12.3 Å². The van der Waals surface area contributed by atoms with E-state index in [9.17, 15) is 9.59 Å². The van der Waals surface area contributed by atoms with Crippen LogP contribution in [0.1, 0.15) is 16.1 Å². The van der Waals surface area contributed by atoms with Crippen molar-refractivity contribution in [2.75, 3.05) is 37.6 Å². The summed E-state index contributed by atoms with van der Waals surface area (Å²) in [6, 6.07) is 13.5. The summed E-state index contributed by atoms with van der Waals surface area (Å²) >= 11 is 0. The van der Waals surface area contributed by atoms with Gasteiger partial charge in [0, 0.05) is 44.6 Å². The molecule has 1 aliphatic heterocycles. The van der Waals surface area contributed by atoms with Gasteiger partial charge in [-0.3, -0.25) is 19.5 Å². The van der Waals surface area contributed by atoms with E-state index in [4.69, 9.17) is 5.73 Å². The van der Waals surface area contributed by atoms with Crippen LogP contribution in [0.4, 0.5) is 5.69 Å². The molecule has 136 valence electrons. The zero-order valence-electron chi connectivity index (χ0n) is 14.6. The number of hydrogen-bond donors (Lipinski definition) is 2. The van der Waals surface area contributed by atoms with Crippen LogP contribution in [0.3, 0.4) is 0 Å². The quantitative estimate of drug-likeness (QED) is 0.794. The predicted molar refractivity (Wildman–Crippen MR) is 99.7 cm³/mol. The van der Waals surface area contributed by atoms with Gasteiger partial charge in [-0.15, -0.1) is 0 Å². The van der Waals surface area contributed by atoms with Crippen LogP contribution in [0.5, 0.6) is 0 Å². The van der Waals surface area contributed by atoms with E-state index in [2.05, 4.69) is 20.1 Å². The maximum Gasteiger partial charge on any atom is 0.267 e. The molecule has 1 aliphatic rings. The number of nitrogens with two attached hydrogens (primary N) is 1. The molecule has 0 bridgehead atoms. The minimum Gasteiger partial charge on any atom is -0.369 e. The molecule has 2 heterocycles. The normalized spacial score (nSPS) is 14.8. The molecule has 0 atom stereocenters. The van der Waals surface area contributed by atoms with Crippen LogP contribution in [0.25, 0.3) is 0 Å². The molecular weight excluding hydrogens is 330 g/mol. The molecule has 3 N–H and O–H groups in total. The zero-order chi connectivity index (χ0) is 18.4. The standard InChI is InChI=1S/C19H23N5O2/c20-19(26)17-12-16(6-7-21-17)24-10-8-23(9-11-24)14-18(25)22-13-15-4-2-1-3-5-15/h1-7,12H,8-11,13-14H2,(H2,20,26)(H,22,25). The van der Waals surface area contributed by atoms with Crippen molar-refractivity contribution in [1.82, 2.24) is 15.2 Å². The monoisotopic (exact) mass is 353 g/mol. The number of carbonyl (C=O) groups is 2. The summed E-state index contributed by atoms with van der Waals surface area (Å²) in [6.45, 7) is 4.08. The molecule has 1 aromatic carbocycles. The molecule has 0 spiro atoms. The van der Waals surface area contributed by atoms with Gasteiger partial charge in [-0.25, -0.2) is 0 Å². The lowest BCUT2D eigenvalue weighted by Gasteiger charge is -2.35. The second-order valence-corrected chi connectivity index (χ2v) is 6.29. The number of pyridine rings is 1. The molecule has 1 aromatic heterocycles. The number of piperazine rings is 1. The molecule has 0 aliphatic carbocycles. The van der Waals surface area contributed by atoms with Crippen LogP contribution in [0, 0.1) is 0 Å². The molecule has 7 heteroatoms. The Morgan fingerprint density at radius 2 is 1.81 bits per heavy atom. The van der Waals surface area contributed by atoms with E-state index in [1.807, 2.05) is 36.4 Å². The van der Waals surface area contributed by atoms with E-state index >= 15 is 0 Å². The summed E-state index contributed by atoms with van der Waals surface area (Å²) in [4.78, 5) is 31.7. The van der Waals surface area contributed by atoms with Crippen molar-refractivity contribution in [2.24, 2.45) is 5.73 Å². The van der Waals surface area contributed by atoms with Gasteiger partial charge in [-0.2, -0.15) is 0 Å². The van der Waals surface area contributed by atoms with Gasteiger partial charge in [0.2, 0.25) is 5.91 Å². The van der Waals surface area contributed by atoms with E-state index < -0.39 is 5.91 Å². The van der Waals surface area contributed by atoms with Gasteiger partial charge in [-0.05, 0) is 17.7 Å². The molecule has 2 aromatic rings. The summed E-state index contributed by atoms with van der Waals surface area (Å²) < 4.78 is 0. The molecule has 1 saturated heterocycles. The number of nitrogens with zero attached hydrogens (tertiary/aromatic N) is 3. The van der Waals surface area contributed by atoms with Gasteiger partial charge < -0.3 is 16.0 Å². The van der Waals surface area contributed by atoms with Crippen LogP contribution in [0.15, 0.2) is 48.7 Å². The van der Waals surface area contributed by atoms with Gasteiger partial charge in [0.05, 0.1) is 6.54 Å². The fraction of sp³-hybridized carbons (Fsp3) is 0.316. The Balaban J connectivity index is 1.45. The lowest BCUT2D eigenvalue weighted by molar-refractivity contribution is -0.122. The van der Waals surface area contributed by atoms with Crippen molar-refractivity contribution in [3.05, 3.63) is 59.9 Å². The minimum atomic E-state index is -0.527. The topological polar surface area (TPSA) is 91.6 Å². The first-order valence-electron chi connectivity index (χ1n) is 8.65. The molecule has 0 saturated carbocycles. The predicted octanol–water partition coefficient (Wildman–Crippen LogP) is 0.619. The molecule has 7 nitrogen and oxygen atoms in total. The first-order chi connectivity index (χ1) is 12.6. The molecular formula is C19H23N5O2. The third kappa shape index (κ3) is 4.80. The number of anilines is 1. The van der Waals surface area contributed by atoms with Gasteiger partial charge >= 0.3 is 0 Å². The van der Waals surface area contributed by atoms with E-state index in [0.29, 0.717) is 13.1 Å². The molecule has 0 unspecified atom stereocenters. The van der Waals surface area contributed by atoms with Crippen molar-refractivity contribution in [3.8, 4) is 0 Å². The SMILES string of the molecule is NC(=O)c1cc(N2CCN(CC(=O)NCc3ccccc3)CC2)ccn1. The summed E-state index contributed by atoms with van der Waals surface area (Å²) in [7, 11) is 0. The fourth-order valence-corrected chi connectivity index (χ4v) is 2.97. The Labute approximate surface area is 152 Å². The van der Waals surface area contributed by atoms with E-state index in [-0.39, 0.29) is 11.6 Å². The second kappa shape index (κ2) is 8.44. The van der Waals surface area contributed by atoms with Crippen LogP contribution < -0.4 is 16.0 Å². The number of primary amides is 1. The number of hydrogen-bond acceptors (Lipinski definition) is 5. The highest BCUT2D eigenvalue weighted by Gasteiger charge is 2.19. The van der Waals surface area contributed by atoms with Crippen molar-refractivity contribution in [1.29, 1.82) is 0 Å². The first-order valence-corrected chi connectivity index (χ1v) is 8.65. The van der Waals surface area contributed by atoms with Gasteiger partial charge in [-0.1, -0.05) is 30.3 Å². The number of rotatable bonds is 6. The van der Waals surface area contributed by atoms with Crippen molar-refractivity contribution in [3.63, 3.8) is 0 Å². The van der Waals surface area contributed by atoms with Gasteiger partial charge in [0.15, 0.2) is 0 Å². The summed E-state index contributed by atoms with van der Waals surface area (Å²) in [6.07, 6.45) is 1.60. The zero-order valence-corrected chi connectivity index (χ0v) is 14.6. The van der Waals surface area contributed by atoms with Crippen LogP contribution in [0.2, 0.25) is 0 Å². The highest BCUT2D eigenvalue weighted by atomic mass is 16.2. The smallest absolute Gasteiger partial charge is 0.267 e. The number of aromatic nitrogens is 1. The fourth-order valence-electron chi connectivity index (χ4n) is 2.97.